The van der Waals surface area contributed by atoms with Crippen LogP contribution in [-0.2, 0) is 14.8 Å². The lowest BCUT2D eigenvalue weighted by Crippen LogP contribution is -2.32. The Morgan fingerprint density at radius 1 is 1.33 bits per heavy atom. The van der Waals surface area contributed by atoms with E-state index in [1.54, 1.807) is 25.1 Å². The van der Waals surface area contributed by atoms with Crippen LogP contribution >= 0.6 is 0 Å². The van der Waals surface area contributed by atoms with E-state index in [-0.39, 0.29) is 17.4 Å². The lowest BCUT2D eigenvalue weighted by molar-refractivity contribution is -0.120. The zero-order valence-electron chi connectivity index (χ0n) is 12.5. The summed E-state index contributed by atoms with van der Waals surface area (Å²) in [5.74, 6) is -0.686. The minimum Gasteiger partial charge on any atom is -0.268 e. The summed E-state index contributed by atoms with van der Waals surface area (Å²) in [4.78, 5) is 12.5. The molecule has 112 valence electrons. The molecule has 1 atom stereocenters. The third-order valence-electron chi connectivity index (χ3n) is 3.71. The first-order valence-corrected chi connectivity index (χ1v) is 8.18. The number of allylic oxidation sites excluding steroid dienone is 1. The summed E-state index contributed by atoms with van der Waals surface area (Å²) >= 11 is 0. The van der Waals surface area contributed by atoms with Gasteiger partial charge in [-0.3, -0.25) is 4.79 Å². The van der Waals surface area contributed by atoms with E-state index < -0.39 is 15.9 Å². The van der Waals surface area contributed by atoms with Crippen LogP contribution in [0.5, 0.6) is 0 Å². The largest absolute Gasteiger partial charge is 0.268 e. The van der Waals surface area contributed by atoms with Gasteiger partial charge in [-0.2, -0.15) is 0 Å². The van der Waals surface area contributed by atoms with Gasteiger partial charge in [0.2, 0.25) is 0 Å². The van der Waals surface area contributed by atoms with Crippen LogP contribution in [0.3, 0.4) is 0 Å². The summed E-state index contributed by atoms with van der Waals surface area (Å²) < 4.78 is 26.2. The zero-order valence-corrected chi connectivity index (χ0v) is 13.3. The molecule has 21 heavy (non-hydrogen) atoms. The standard InChI is InChI=1S/C16H19NO3S/c1-5-14-15(11(2)3)10-17(16(14)18)21(19,20)13-8-6-12(4)7-9-13/h5-9,15H,2,10H2,1,3-4H3/b14-5-. The van der Waals surface area contributed by atoms with Gasteiger partial charge in [0.05, 0.1) is 4.90 Å². The Kier molecular flexibility index (Phi) is 4.05. The fourth-order valence-corrected chi connectivity index (χ4v) is 3.83. The van der Waals surface area contributed by atoms with Crippen LogP contribution in [0.2, 0.25) is 0 Å². The van der Waals surface area contributed by atoms with Gasteiger partial charge in [-0.25, -0.2) is 12.7 Å². The summed E-state index contributed by atoms with van der Waals surface area (Å²) in [6, 6.07) is 6.50. The number of hydrogen-bond donors (Lipinski definition) is 0. The van der Waals surface area contributed by atoms with Gasteiger partial charge < -0.3 is 0 Å². The highest BCUT2D eigenvalue weighted by Crippen LogP contribution is 2.33. The first-order valence-electron chi connectivity index (χ1n) is 6.74. The fourth-order valence-electron chi connectivity index (χ4n) is 2.43. The molecule has 1 amide bonds. The number of benzene rings is 1. The summed E-state index contributed by atoms with van der Waals surface area (Å²) in [7, 11) is -3.81. The molecule has 0 spiro atoms. The van der Waals surface area contributed by atoms with Crippen LogP contribution in [0.4, 0.5) is 0 Å². The van der Waals surface area contributed by atoms with Crippen LogP contribution in [0.1, 0.15) is 19.4 Å². The van der Waals surface area contributed by atoms with Gasteiger partial charge in [-0.05, 0) is 32.9 Å². The number of sulfonamides is 1. The first kappa shape index (κ1) is 15.5. The molecule has 1 fully saturated rings. The number of hydrogen-bond acceptors (Lipinski definition) is 3. The fraction of sp³-hybridized carbons (Fsp3) is 0.312. The number of carbonyl (C=O) groups is 1. The average Bonchev–Trinajstić information content (AvgIpc) is 2.77. The van der Waals surface area contributed by atoms with Crippen LogP contribution in [0.15, 0.2) is 53.0 Å². The summed E-state index contributed by atoms with van der Waals surface area (Å²) in [6.07, 6.45) is 1.67. The van der Waals surface area contributed by atoms with E-state index in [0.717, 1.165) is 15.4 Å². The molecule has 1 aromatic rings. The van der Waals surface area contributed by atoms with Gasteiger partial charge >= 0.3 is 0 Å². The number of carbonyl (C=O) groups excluding carboxylic acids is 1. The van der Waals surface area contributed by atoms with Crippen LogP contribution < -0.4 is 0 Å². The molecule has 0 radical (unpaired) electrons. The van der Waals surface area contributed by atoms with Crippen molar-refractivity contribution in [1.82, 2.24) is 4.31 Å². The summed E-state index contributed by atoms with van der Waals surface area (Å²) in [6.45, 7) is 9.42. The van der Waals surface area contributed by atoms with Gasteiger partial charge in [0.25, 0.3) is 15.9 Å². The Morgan fingerprint density at radius 2 is 1.90 bits per heavy atom. The van der Waals surface area contributed by atoms with Crippen molar-refractivity contribution in [2.24, 2.45) is 5.92 Å². The molecule has 1 aliphatic heterocycles. The molecule has 1 saturated heterocycles. The number of amides is 1. The normalized spacial score (nSPS) is 21.1. The maximum atomic E-state index is 12.6. The summed E-state index contributed by atoms with van der Waals surface area (Å²) in [5, 5.41) is 0. The molecule has 0 bridgehead atoms. The highest BCUT2D eigenvalue weighted by atomic mass is 32.2. The van der Waals surface area contributed by atoms with Crippen molar-refractivity contribution in [3.8, 4) is 0 Å². The third-order valence-corrected chi connectivity index (χ3v) is 5.48. The van der Waals surface area contributed by atoms with Crippen molar-refractivity contribution in [3.63, 3.8) is 0 Å². The van der Waals surface area contributed by atoms with Gasteiger partial charge in [-0.15, -0.1) is 0 Å². The second-order valence-electron chi connectivity index (χ2n) is 5.30. The minimum absolute atomic E-state index is 0.129. The molecule has 4 nitrogen and oxygen atoms in total. The lowest BCUT2D eigenvalue weighted by Gasteiger charge is -2.16. The molecule has 1 aliphatic rings. The third kappa shape index (κ3) is 2.65. The predicted octanol–water partition coefficient (Wildman–Crippen LogP) is 2.66. The SMILES string of the molecule is C=C(C)C1CN(S(=O)(=O)c2ccc(C)cc2)C(=O)/C1=C\C. The minimum atomic E-state index is -3.81. The van der Waals surface area contributed by atoms with Gasteiger partial charge in [0, 0.05) is 18.0 Å². The molecule has 1 heterocycles. The van der Waals surface area contributed by atoms with Crippen molar-refractivity contribution < 1.29 is 13.2 Å². The average molecular weight is 305 g/mol. The molecule has 5 heteroatoms. The predicted molar refractivity (Wildman–Crippen MR) is 82.1 cm³/mol. The van der Waals surface area contributed by atoms with Gasteiger partial charge in [0.1, 0.15) is 0 Å². The topological polar surface area (TPSA) is 54.5 Å². The Bertz CT molecular complexity index is 714. The molecule has 0 N–H and O–H groups in total. The Morgan fingerprint density at radius 3 is 2.33 bits per heavy atom. The molecule has 2 rings (SSSR count). The lowest BCUT2D eigenvalue weighted by atomic mass is 9.96. The maximum Gasteiger partial charge on any atom is 0.266 e. The number of rotatable bonds is 3. The Balaban J connectivity index is 2.44. The van der Waals surface area contributed by atoms with E-state index in [4.69, 9.17) is 0 Å². The highest BCUT2D eigenvalue weighted by molar-refractivity contribution is 7.89. The molecule has 0 saturated carbocycles. The van der Waals surface area contributed by atoms with Gasteiger partial charge in [-0.1, -0.05) is 35.9 Å². The van der Waals surface area contributed by atoms with E-state index in [0.29, 0.717) is 5.57 Å². The maximum absolute atomic E-state index is 12.6. The van der Waals surface area contributed by atoms with Crippen LogP contribution in [0, 0.1) is 12.8 Å². The molecular formula is C16H19NO3S. The van der Waals surface area contributed by atoms with Crippen molar-refractivity contribution in [2.75, 3.05) is 6.54 Å². The molecule has 0 aromatic heterocycles. The Labute approximate surface area is 125 Å². The number of nitrogens with zero attached hydrogens (tertiary/aromatic N) is 1. The Hall–Kier alpha value is -1.88. The second kappa shape index (κ2) is 5.48. The molecule has 0 aliphatic carbocycles. The van der Waals surface area contributed by atoms with E-state index in [1.807, 2.05) is 13.8 Å². The number of aryl methyl sites for hydroxylation is 1. The molecule has 1 unspecified atom stereocenters. The van der Waals surface area contributed by atoms with E-state index >= 15 is 0 Å². The van der Waals surface area contributed by atoms with E-state index in [1.165, 1.54) is 12.1 Å². The molecular weight excluding hydrogens is 286 g/mol. The first-order chi connectivity index (χ1) is 9.78. The van der Waals surface area contributed by atoms with Gasteiger partial charge in [0.15, 0.2) is 0 Å². The van der Waals surface area contributed by atoms with Crippen molar-refractivity contribution >= 4 is 15.9 Å². The highest BCUT2D eigenvalue weighted by Gasteiger charge is 2.41. The summed E-state index contributed by atoms with van der Waals surface area (Å²) in [5.41, 5.74) is 2.26. The zero-order chi connectivity index (χ0) is 15.8. The molecule has 1 aromatic carbocycles. The van der Waals surface area contributed by atoms with Crippen LogP contribution in [-0.4, -0.2) is 25.2 Å². The van der Waals surface area contributed by atoms with Crippen molar-refractivity contribution in [1.29, 1.82) is 0 Å². The quantitative estimate of drug-likeness (QED) is 0.637. The van der Waals surface area contributed by atoms with E-state index in [2.05, 4.69) is 6.58 Å². The second-order valence-corrected chi connectivity index (χ2v) is 7.16. The van der Waals surface area contributed by atoms with Crippen molar-refractivity contribution in [3.05, 3.63) is 53.6 Å². The van der Waals surface area contributed by atoms with Crippen LogP contribution in [0.25, 0.3) is 0 Å². The van der Waals surface area contributed by atoms with Crippen molar-refractivity contribution in [2.45, 2.75) is 25.7 Å². The smallest absolute Gasteiger partial charge is 0.266 e. The van der Waals surface area contributed by atoms with E-state index in [9.17, 15) is 13.2 Å². The monoisotopic (exact) mass is 305 g/mol.